The second-order valence-electron chi connectivity index (χ2n) is 6.52. The maximum Gasteiger partial charge on any atom is 0.139 e. The SMILES string of the molecule is CCCC(=O)CCCC(=O)CCC(=O)CCC(=O)CCCC(=O)CC=O. The van der Waals surface area contributed by atoms with Crippen molar-refractivity contribution < 1.29 is 28.8 Å². The van der Waals surface area contributed by atoms with Crippen LogP contribution in [0.25, 0.3) is 0 Å². The molecule has 0 aliphatic heterocycles. The largest absolute Gasteiger partial charge is 0.303 e. The minimum atomic E-state index is -0.182. The Morgan fingerprint density at radius 1 is 0.538 bits per heavy atom. The van der Waals surface area contributed by atoms with E-state index in [4.69, 9.17) is 0 Å². The number of hydrogen-bond acceptors (Lipinski definition) is 6. The zero-order valence-corrected chi connectivity index (χ0v) is 15.7. The van der Waals surface area contributed by atoms with Crippen LogP contribution < -0.4 is 0 Å². The van der Waals surface area contributed by atoms with E-state index in [9.17, 15) is 28.8 Å². The highest BCUT2D eigenvalue weighted by molar-refractivity contribution is 5.91. The molecule has 0 aromatic carbocycles. The van der Waals surface area contributed by atoms with Gasteiger partial charge in [0.1, 0.15) is 35.2 Å². The summed E-state index contributed by atoms with van der Waals surface area (Å²) in [4.78, 5) is 67.7. The minimum absolute atomic E-state index is 0.0253. The molecule has 0 radical (unpaired) electrons. The Labute approximate surface area is 155 Å². The molecule has 0 saturated carbocycles. The summed E-state index contributed by atoms with van der Waals surface area (Å²) in [5.74, 6) is -0.243. The van der Waals surface area contributed by atoms with Gasteiger partial charge in [-0.1, -0.05) is 6.92 Å². The molecular weight excluding hydrogens is 336 g/mol. The van der Waals surface area contributed by atoms with Crippen LogP contribution in [0.5, 0.6) is 0 Å². The Kier molecular flexibility index (Phi) is 14.1. The van der Waals surface area contributed by atoms with Gasteiger partial charge in [-0.15, -0.1) is 0 Å². The van der Waals surface area contributed by atoms with Crippen molar-refractivity contribution in [1.29, 1.82) is 0 Å². The van der Waals surface area contributed by atoms with Crippen LogP contribution in [-0.2, 0) is 28.8 Å². The summed E-state index contributed by atoms with van der Waals surface area (Å²) in [6.45, 7) is 1.94. The van der Waals surface area contributed by atoms with Crippen molar-refractivity contribution in [2.75, 3.05) is 0 Å². The van der Waals surface area contributed by atoms with E-state index in [1.54, 1.807) is 0 Å². The highest BCUT2D eigenvalue weighted by Crippen LogP contribution is 2.08. The third-order valence-corrected chi connectivity index (χ3v) is 4.03. The Bertz CT molecular complexity index is 506. The molecule has 0 aliphatic rings. The Balaban J connectivity index is 3.73. The standard InChI is InChI=1S/C20H30O6/c1-2-5-16(22)6-3-7-17(23)10-12-20(26)13-11-18(24)8-4-9-19(25)14-15-21/h15H,2-14H2,1H3. The van der Waals surface area contributed by atoms with E-state index in [2.05, 4.69) is 0 Å². The fourth-order valence-electron chi connectivity index (χ4n) is 2.50. The van der Waals surface area contributed by atoms with Crippen LogP contribution >= 0.6 is 0 Å². The molecule has 0 unspecified atom stereocenters. The molecule has 6 nitrogen and oxygen atoms in total. The lowest BCUT2D eigenvalue weighted by Crippen LogP contribution is -2.08. The van der Waals surface area contributed by atoms with Crippen LogP contribution in [-0.4, -0.2) is 35.2 Å². The average Bonchev–Trinajstić information content (AvgIpc) is 2.58. The Morgan fingerprint density at radius 2 is 0.885 bits per heavy atom. The van der Waals surface area contributed by atoms with Crippen molar-refractivity contribution in [3.8, 4) is 0 Å². The van der Waals surface area contributed by atoms with E-state index in [-0.39, 0.29) is 73.9 Å². The van der Waals surface area contributed by atoms with Gasteiger partial charge >= 0.3 is 0 Å². The van der Waals surface area contributed by atoms with Crippen LogP contribution in [0.2, 0.25) is 0 Å². The molecule has 0 bridgehead atoms. The van der Waals surface area contributed by atoms with Crippen LogP contribution in [0.3, 0.4) is 0 Å². The van der Waals surface area contributed by atoms with Gasteiger partial charge in [-0.2, -0.15) is 0 Å². The van der Waals surface area contributed by atoms with Crippen molar-refractivity contribution in [3.63, 3.8) is 0 Å². The Morgan fingerprint density at radius 3 is 1.27 bits per heavy atom. The quantitative estimate of drug-likeness (QED) is 0.273. The van der Waals surface area contributed by atoms with Crippen molar-refractivity contribution in [2.24, 2.45) is 0 Å². The van der Waals surface area contributed by atoms with E-state index in [0.717, 1.165) is 6.42 Å². The smallest absolute Gasteiger partial charge is 0.139 e. The molecule has 0 aromatic heterocycles. The molecule has 146 valence electrons. The molecule has 0 atom stereocenters. The summed E-state index contributed by atoms with van der Waals surface area (Å²) in [6.07, 6.45) is 4.42. The third kappa shape index (κ3) is 14.4. The van der Waals surface area contributed by atoms with Gasteiger partial charge in [0.05, 0.1) is 6.42 Å². The number of aldehydes is 1. The highest BCUT2D eigenvalue weighted by Gasteiger charge is 2.11. The normalized spacial score (nSPS) is 10.3. The van der Waals surface area contributed by atoms with Crippen molar-refractivity contribution in [2.45, 2.75) is 90.4 Å². The molecule has 0 amide bonds. The van der Waals surface area contributed by atoms with Crippen LogP contribution in [0.1, 0.15) is 90.4 Å². The lowest BCUT2D eigenvalue weighted by atomic mass is 10.0. The predicted octanol–water partition coefficient (Wildman–Crippen LogP) is 3.12. The molecule has 0 N–H and O–H groups in total. The molecule has 0 spiro atoms. The first-order chi connectivity index (χ1) is 12.4. The summed E-state index contributed by atoms with van der Waals surface area (Å²) >= 11 is 0. The topological polar surface area (TPSA) is 102 Å². The van der Waals surface area contributed by atoms with Crippen molar-refractivity contribution >= 4 is 35.2 Å². The van der Waals surface area contributed by atoms with E-state index in [0.29, 0.717) is 38.4 Å². The zero-order valence-electron chi connectivity index (χ0n) is 15.7. The summed E-state index contributed by atoms with van der Waals surface area (Å²) in [6, 6.07) is 0. The summed E-state index contributed by atoms with van der Waals surface area (Å²) in [5.41, 5.74) is 0. The first kappa shape index (κ1) is 24.0. The minimum Gasteiger partial charge on any atom is -0.303 e. The molecule has 6 heteroatoms. The highest BCUT2D eigenvalue weighted by atomic mass is 16.1. The number of ketones is 5. The van der Waals surface area contributed by atoms with E-state index < -0.39 is 0 Å². The average molecular weight is 366 g/mol. The lowest BCUT2D eigenvalue weighted by Gasteiger charge is -2.02. The first-order valence-electron chi connectivity index (χ1n) is 9.41. The molecule has 26 heavy (non-hydrogen) atoms. The maximum atomic E-state index is 11.7. The lowest BCUT2D eigenvalue weighted by molar-refractivity contribution is -0.126. The van der Waals surface area contributed by atoms with E-state index in [1.807, 2.05) is 6.92 Å². The van der Waals surface area contributed by atoms with Gasteiger partial charge in [0, 0.05) is 57.8 Å². The second kappa shape index (κ2) is 15.3. The van der Waals surface area contributed by atoms with E-state index >= 15 is 0 Å². The number of carbonyl (C=O) groups is 6. The molecule has 0 heterocycles. The zero-order chi connectivity index (χ0) is 19.8. The number of hydrogen-bond donors (Lipinski definition) is 0. The summed E-state index contributed by atoms with van der Waals surface area (Å²) in [5, 5.41) is 0. The van der Waals surface area contributed by atoms with Crippen molar-refractivity contribution in [1.82, 2.24) is 0 Å². The van der Waals surface area contributed by atoms with Crippen molar-refractivity contribution in [3.05, 3.63) is 0 Å². The molecular formula is C20H30O6. The van der Waals surface area contributed by atoms with Gasteiger partial charge in [0.2, 0.25) is 0 Å². The fraction of sp³-hybridized carbons (Fsp3) is 0.700. The van der Waals surface area contributed by atoms with Crippen LogP contribution in [0, 0.1) is 0 Å². The molecule has 0 aromatic rings. The van der Waals surface area contributed by atoms with Gasteiger partial charge in [0.25, 0.3) is 0 Å². The van der Waals surface area contributed by atoms with Gasteiger partial charge in [-0.25, -0.2) is 0 Å². The predicted molar refractivity (Wildman–Crippen MR) is 96.8 cm³/mol. The molecule has 0 fully saturated rings. The van der Waals surface area contributed by atoms with Gasteiger partial charge in [0.15, 0.2) is 0 Å². The molecule has 0 rings (SSSR count). The van der Waals surface area contributed by atoms with Gasteiger partial charge in [-0.05, 0) is 19.3 Å². The number of Topliss-reactive ketones (excluding diaryl/α,β-unsaturated/α-hetero) is 5. The fourth-order valence-corrected chi connectivity index (χ4v) is 2.50. The summed E-state index contributed by atoms with van der Waals surface area (Å²) < 4.78 is 0. The van der Waals surface area contributed by atoms with Crippen LogP contribution in [0.4, 0.5) is 0 Å². The molecule has 0 saturated heterocycles. The monoisotopic (exact) mass is 366 g/mol. The molecule has 0 aliphatic carbocycles. The van der Waals surface area contributed by atoms with Gasteiger partial charge in [-0.3, -0.25) is 24.0 Å². The maximum absolute atomic E-state index is 11.7. The summed E-state index contributed by atoms with van der Waals surface area (Å²) in [7, 11) is 0. The second-order valence-corrected chi connectivity index (χ2v) is 6.52. The first-order valence-corrected chi connectivity index (χ1v) is 9.41. The van der Waals surface area contributed by atoms with Crippen LogP contribution in [0.15, 0.2) is 0 Å². The Hall–Kier alpha value is -1.98. The third-order valence-electron chi connectivity index (χ3n) is 4.03. The van der Waals surface area contributed by atoms with Gasteiger partial charge < -0.3 is 4.79 Å². The number of rotatable bonds is 18. The van der Waals surface area contributed by atoms with E-state index in [1.165, 1.54) is 0 Å². The number of carbonyl (C=O) groups excluding carboxylic acids is 6.